The van der Waals surface area contributed by atoms with Gasteiger partial charge in [0.05, 0.1) is 23.2 Å². The molecule has 0 spiro atoms. The SMILES string of the molecule is CCC1C2C=CC1CC(=O)C1C(=O)c3c(C)noc3C(N(C)C)C1(C)CC2. The molecule has 1 saturated carbocycles. The van der Waals surface area contributed by atoms with Crippen LogP contribution in [0.4, 0.5) is 0 Å². The van der Waals surface area contributed by atoms with E-state index < -0.39 is 11.3 Å². The van der Waals surface area contributed by atoms with Gasteiger partial charge in [-0.15, -0.1) is 0 Å². The summed E-state index contributed by atoms with van der Waals surface area (Å²) in [6, 6.07) is -0.124. The summed E-state index contributed by atoms with van der Waals surface area (Å²) in [6.07, 6.45) is 7.92. The molecule has 5 heteroatoms. The van der Waals surface area contributed by atoms with Crippen molar-refractivity contribution in [2.45, 2.75) is 52.5 Å². The van der Waals surface area contributed by atoms with E-state index in [4.69, 9.17) is 4.52 Å². The predicted molar refractivity (Wildman–Crippen MR) is 102 cm³/mol. The molecule has 3 aliphatic carbocycles. The molecule has 3 aliphatic rings. The number of hydrogen-bond donors (Lipinski definition) is 0. The fraction of sp³-hybridized carbons (Fsp3) is 0.682. The molecule has 0 saturated heterocycles. The number of carbonyl (C=O) groups excluding carboxylic acids is 2. The van der Waals surface area contributed by atoms with Gasteiger partial charge in [-0.05, 0) is 51.6 Å². The van der Waals surface area contributed by atoms with Crippen LogP contribution in [0.15, 0.2) is 16.7 Å². The molecule has 1 heterocycles. The normalized spacial score (nSPS) is 38.4. The number of aryl methyl sites for hydroxylation is 1. The maximum Gasteiger partial charge on any atom is 0.179 e. The largest absolute Gasteiger partial charge is 0.359 e. The Hall–Kier alpha value is -1.75. The van der Waals surface area contributed by atoms with E-state index in [9.17, 15) is 9.59 Å². The summed E-state index contributed by atoms with van der Waals surface area (Å²) in [4.78, 5) is 29.1. The Kier molecular flexibility index (Phi) is 4.41. The average molecular weight is 370 g/mol. The average Bonchev–Trinajstić information content (AvgIpc) is 3.16. The number of rotatable bonds is 2. The lowest BCUT2D eigenvalue weighted by Gasteiger charge is -2.47. The molecule has 5 nitrogen and oxygen atoms in total. The third-order valence-corrected chi connectivity index (χ3v) is 7.40. The molecule has 0 N–H and O–H groups in total. The number of ketones is 2. The van der Waals surface area contributed by atoms with Crippen molar-refractivity contribution in [2.75, 3.05) is 14.1 Å². The van der Waals surface area contributed by atoms with Crippen molar-refractivity contribution >= 4 is 11.6 Å². The van der Waals surface area contributed by atoms with E-state index in [1.54, 1.807) is 6.92 Å². The first-order chi connectivity index (χ1) is 12.8. The molecule has 0 aliphatic heterocycles. The Labute approximate surface area is 161 Å². The Morgan fingerprint density at radius 1 is 1.26 bits per heavy atom. The maximum absolute atomic E-state index is 13.5. The molecule has 6 unspecified atom stereocenters. The van der Waals surface area contributed by atoms with Crippen molar-refractivity contribution in [3.05, 3.63) is 29.2 Å². The second kappa shape index (κ2) is 6.40. The van der Waals surface area contributed by atoms with Gasteiger partial charge in [0, 0.05) is 11.8 Å². The van der Waals surface area contributed by atoms with Gasteiger partial charge in [0.25, 0.3) is 0 Å². The molecular weight excluding hydrogens is 340 g/mol. The number of hydrogen-bond acceptors (Lipinski definition) is 5. The van der Waals surface area contributed by atoms with Crippen LogP contribution >= 0.6 is 0 Å². The van der Waals surface area contributed by atoms with E-state index >= 15 is 0 Å². The zero-order valence-electron chi connectivity index (χ0n) is 17.0. The van der Waals surface area contributed by atoms with Gasteiger partial charge in [0.15, 0.2) is 11.5 Å². The number of nitrogens with zero attached hydrogens (tertiary/aromatic N) is 2. The molecule has 4 rings (SSSR count). The lowest BCUT2D eigenvalue weighted by Crippen LogP contribution is -2.51. The fourth-order valence-electron chi connectivity index (χ4n) is 6.25. The highest BCUT2D eigenvalue weighted by Gasteiger charge is 2.58. The first-order valence-electron chi connectivity index (χ1n) is 10.2. The van der Waals surface area contributed by atoms with E-state index in [0.717, 1.165) is 19.3 Å². The third kappa shape index (κ3) is 2.58. The Balaban J connectivity index is 1.86. The molecule has 0 aromatic carbocycles. The van der Waals surface area contributed by atoms with Crippen molar-refractivity contribution < 1.29 is 14.1 Å². The third-order valence-electron chi connectivity index (χ3n) is 7.40. The Morgan fingerprint density at radius 2 is 1.96 bits per heavy atom. The van der Waals surface area contributed by atoms with Gasteiger partial charge < -0.3 is 4.52 Å². The molecule has 1 aromatic heterocycles. The van der Waals surface area contributed by atoms with Crippen molar-refractivity contribution in [3.8, 4) is 0 Å². The zero-order valence-corrected chi connectivity index (χ0v) is 17.0. The molecule has 2 bridgehead atoms. The lowest BCUT2D eigenvalue weighted by atomic mass is 9.59. The van der Waals surface area contributed by atoms with Crippen LogP contribution < -0.4 is 0 Å². The minimum absolute atomic E-state index is 0.0795. The maximum atomic E-state index is 13.5. The molecule has 146 valence electrons. The van der Waals surface area contributed by atoms with Crippen molar-refractivity contribution in [1.82, 2.24) is 10.1 Å². The van der Waals surface area contributed by atoms with Crippen molar-refractivity contribution in [3.63, 3.8) is 0 Å². The molecule has 27 heavy (non-hydrogen) atoms. The van der Waals surface area contributed by atoms with Crippen molar-refractivity contribution in [1.29, 1.82) is 0 Å². The van der Waals surface area contributed by atoms with Gasteiger partial charge in [-0.25, -0.2) is 0 Å². The quantitative estimate of drug-likeness (QED) is 0.582. The van der Waals surface area contributed by atoms with E-state index in [0.29, 0.717) is 35.3 Å². The fourth-order valence-corrected chi connectivity index (χ4v) is 6.25. The van der Waals surface area contributed by atoms with Gasteiger partial charge in [0.2, 0.25) is 0 Å². The second-order valence-electron chi connectivity index (χ2n) is 9.17. The van der Waals surface area contributed by atoms with Gasteiger partial charge in [0.1, 0.15) is 5.78 Å². The van der Waals surface area contributed by atoms with Crippen LogP contribution in [-0.2, 0) is 4.79 Å². The molecule has 1 aromatic rings. The first kappa shape index (κ1) is 18.6. The monoisotopic (exact) mass is 370 g/mol. The number of fused-ring (bicyclic) bond motifs is 4. The Bertz CT molecular complexity index is 808. The van der Waals surface area contributed by atoms with Crippen LogP contribution in [-0.4, -0.2) is 35.7 Å². The highest BCUT2D eigenvalue weighted by molar-refractivity contribution is 6.13. The molecule has 0 radical (unpaired) electrons. The van der Waals surface area contributed by atoms with Gasteiger partial charge in [-0.2, -0.15) is 0 Å². The zero-order chi connectivity index (χ0) is 19.5. The first-order valence-corrected chi connectivity index (χ1v) is 10.2. The van der Waals surface area contributed by atoms with Gasteiger partial charge in [-0.3, -0.25) is 14.5 Å². The lowest BCUT2D eigenvalue weighted by molar-refractivity contribution is -0.128. The second-order valence-corrected chi connectivity index (χ2v) is 9.17. The molecule has 0 amide bonds. The summed E-state index contributed by atoms with van der Waals surface area (Å²) in [7, 11) is 4.00. The molecular formula is C22H30N2O3. The van der Waals surface area contributed by atoms with E-state index in [1.807, 2.05) is 14.1 Å². The summed E-state index contributed by atoms with van der Waals surface area (Å²) in [5.41, 5.74) is 0.661. The minimum Gasteiger partial charge on any atom is -0.359 e. The van der Waals surface area contributed by atoms with Gasteiger partial charge >= 0.3 is 0 Å². The molecule has 6 atom stereocenters. The summed E-state index contributed by atoms with van der Waals surface area (Å²) in [5, 5.41) is 4.08. The van der Waals surface area contributed by atoms with E-state index in [1.165, 1.54) is 0 Å². The summed E-state index contributed by atoms with van der Waals surface area (Å²) in [6.45, 7) is 6.13. The summed E-state index contributed by atoms with van der Waals surface area (Å²) >= 11 is 0. The van der Waals surface area contributed by atoms with Crippen LogP contribution in [0, 0.1) is 36.0 Å². The predicted octanol–water partition coefficient (Wildman–Crippen LogP) is 3.99. The highest BCUT2D eigenvalue weighted by Crippen LogP contribution is 2.56. The number of carbonyl (C=O) groups is 2. The van der Waals surface area contributed by atoms with Crippen LogP contribution in [0.1, 0.15) is 67.4 Å². The van der Waals surface area contributed by atoms with Crippen LogP contribution in [0.25, 0.3) is 0 Å². The number of allylic oxidation sites excluding steroid dienone is 2. The van der Waals surface area contributed by atoms with Gasteiger partial charge in [-0.1, -0.05) is 37.6 Å². The minimum atomic E-state index is -0.610. The van der Waals surface area contributed by atoms with Crippen LogP contribution in [0.5, 0.6) is 0 Å². The topological polar surface area (TPSA) is 63.4 Å². The number of aromatic nitrogens is 1. The van der Waals surface area contributed by atoms with E-state index in [-0.39, 0.29) is 23.5 Å². The Morgan fingerprint density at radius 3 is 2.63 bits per heavy atom. The standard InChI is InChI=1S/C22H30N2O3/c1-6-15-13-7-8-14(15)11-16(25)18-19(26)17-12(2)23-27-20(17)21(24(4)5)22(18,3)10-9-13/h7-8,13-15,18,21H,6,9-11H2,1-5H3. The van der Waals surface area contributed by atoms with Crippen molar-refractivity contribution in [2.24, 2.45) is 29.1 Å². The van der Waals surface area contributed by atoms with E-state index in [2.05, 4.69) is 36.1 Å². The summed E-state index contributed by atoms with van der Waals surface area (Å²) < 4.78 is 5.65. The summed E-state index contributed by atoms with van der Waals surface area (Å²) in [5.74, 6) is 1.33. The van der Waals surface area contributed by atoms with Crippen LogP contribution in [0.3, 0.4) is 0 Å². The smallest absolute Gasteiger partial charge is 0.179 e. The molecule has 1 fully saturated rings. The number of Topliss-reactive ketones (excluding diaryl/α,β-unsaturated/α-hetero) is 2. The highest BCUT2D eigenvalue weighted by atomic mass is 16.5. The van der Waals surface area contributed by atoms with Crippen LogP contribution in [0.2, 0.25) is 0 Å².